The van der Waals surface area contributed by atoms with E-state index in [-0.39, 0.29) is 5.91 Å². The van der Waals surface area contributed by atoms with Crippen LogP contribution in [0.2, 0.25) is 0 Å². The second-order valence-electron chi connectivity index (χ2n) is 6.09. The van der Waals surface area contributed by atoms with Crippen LogP contribution in [0.15, 0.2) is 36.7 Å². The van der Waals surface area contributed by atoms with Gasteiger partial charge in [0, 0.05) is 31.7 Å². The molecule has 1 aromatic heterocycles. The van der Waals surface area contributed by atoms with Gasteiger partial charge in [-0.05, 0) is 32.3 Å². The molecule has 1 aromatic carbocycles. The summed E-state index contributed by atoms with van der Waals surface area (Å²) < 4.78 is 1.80. The van der Waals surface area contributed by atoms with Crippen LogP contribution in [0.1, 0.15) is 47.2 Å². The summed E-state index contributed by atoms with van der Waals surface area (Å²) in [6, 6.07) is 8.70. The van der Waals surface area contributed by atoms with Crippen molar-refractivity contribution in [2.24, 2.45) is 0 Å². The Morgan fingerprint density at radius 1 is 1.32 bits per heavy atom. The van der Waals surface area contributed by atoms with Crippen molar-refractivity contribution < 1.29 is 4.79 Å². The molecule has 1 fully saturated rings. The van der Waals surface area contributed by atoms with Crippen molar-refractivity contribution in [3.8, 4) is 0 Å². The third-order valence-corrected chi connectivity index (χ3v) is 4.46. The lowest BCUT2D eigenvalue weighted by molar-refractivity contribution is 0.0707. The first kappa shape index (κ1) is 14.8. The molecule has 1 aliphatic rings. The normalized spacial score (nSPS) is 18.5. The molecule has 4 heteroatoms. The second kappa shape index (κ2) is 6.34. The fraction of sp³-hybridized carbons (Fsp3) is 0.444. The van der Waals surface area contributed by atoms with Gasteiger partial charge in [-0.1, -0.05) is 29.8 Å². The van der Waals surface area contributed by atoms with Crippen LogP contribution < -0.4 is 0 Å². The van der Waals surface area contributed by atoms with E-state index in [9.17, 15) is 4.79 Å². The number of piperidine rings is 1. The van der Waals surface area contributed by atoms with E-state index in [2.05, 4.69) is 36.3 Å². The van der Waals surface area contributed by atoms with Crippen molar-refractivity contribution in [3.05, 3.63) is 53.3 Å². The van der Waals surface area contributed by atoms with Gasteiger partial charge >= 0.3 is 0 Å². The van der Waals surface area contributed by atoms with Crippen molar-refractivity contribution >= 4 is 5.91 Å². The summed E-state index contributed by atoms with van der Waals surface area (Å²) in [7, 11) is 0. The highest BCUT2D eigenvalue weighted by molar-refractivity contribution is 5.93. The zero-order valence-electron chi connectivity index (χ0n) is 13.3. The van der Waals surface area contributed by atoms with Gasteiger partial charge in [-0.15, -0.1) is 0 Å². The van der Waals surface area contributed by atoms with Crippen molar-refractivity contribution in [2.75, 3.05) is 13.1 Å². The summed E-state index contributed by atoms with van der Waals surface area (Å²) in [5.74, 6) is 0.552. The van der Waals surface area contributed by atoms with Crippen LogP contribution in [0.25, 0.3) is 0 Å². The van der Waals surface area contributed by atoms with Crippen LogP contribution in [0.3, 0.4) is 0 Å². The summed E-state index contributed by atoms with van der Waals surface area (Å²) in [4.78, 5) is 14.6. The molecular weight excluding hydrogens is 274 g/mol. The van der Waals surface area contributed by atoms with E-state index < -0.39 is 0 Å². The molecule has 2 aromatic rings. The molecule has 116 valence electrons. The van der Waals surface area contributed by atoms with E-state index in [1.165, 1.54) is 11.1 Å². The first-order valence-corrected chi connectivity index (χ1v) is 8.05. The Morgan fingerprint density at radius 3 is 2.77 bits per heavy atom. The average molecular weight is 297 g/mol. The summed E-state index contributed by atoms with van der Waals surface area (Å²) in [5, 5.41) is 4.21. The maximum atomic E-state index is 12.6. The van der Waals surface area contributed by atoms with Gasteiger partial charge < -0.3 is 4.90 Å². The largest absolute Gasteiger partial charge is 0.338 e. The average Bonchev–Trinajstić information content (AvgIpc) is 3.04. The molecule has 22 heavy (non-hydrogen) atoms. The third-order valence-electron chi connectivity index (χ3n) is 4.46. The lowest BCUT2D eigenvalue weighted by Gasteiger charge is -2.33. The van der Waals surface area contributed by atoms with Crippen molar-refractivity contribution in [1.29, 1.82) is 0 Å². The maximum absolute atomic E-state index is 12.6. The molecule has 1 saturated heterocycles. The minimum atomic E-state index is 0.108. The van der Waals surface area contributed by atoms with E-state index >= 15 is 0 Å². The van der Waals surface area contributed by atoms with Crippen LogP contribution in [0.4, 0.5) is 0 Å². The van der Waals surface area contributed by atoms with Crippen LogP contribution >= 0.6 is 0 Å². The highest BCUT2D eigenvalue weighted by atomic mass is 16.2. The summed E-state index contributed by atoms with van der Waals surface area (Å²) in [6.45, 7) is 6.57. The predicted molar refractivity (Wildman–Crippen MR) is 87.0 cm³/mol. The zero-order valence-corrected chi connectivity index (χ0v) is 13.3. The first-order valence-electron chi connectivity index (χ1n) is 8.05. The van der Waals surface area contributed by atoms with E-state index in [4.69, 9.17) is 0 Å². The Morgan fingerprint density at radius 2 is 2.09 bits per heavy atom. The minimum Gasteiger partial charge on any atom is -0.338 e. The summed E-state index contributed by atoms with van der Waals surface area (Å²) in [5.41, 5.74) is 3.32. The number of aromatic nitrogens is 2. The molecule has 0 spiro atoms. The van der Waals surface area contributed by atoms with E-state index in [0.717, 1.165) is 32.5 Å². The number of rotatable bonds is 3. The number of likely N-dealkylation sites (tertiary alicyclic amines) is 1. The number of benzene rings is 1. The molecule has 1 aliphatic heterocycles. The fourth-order valence-electron chi connectivity index (χ4n) is 3.10. The van der Waals surface area contributed by atoms with Crippen LogP contribution in [0.5, 0.6) is 0 Å². The molecule has 0 saturated carbocycles. The number of nitrogens with zero attached hydrogens (tertiary/aromatic N) is 3. The van der Waals surface area contributed by atoms with Gasteiger partial charge in [-0.25, -0.2) is 0 Å². The van der Waals surface area contributed by atoms with Crippen LogP contribution in [-0.4, -0.2) is 33.7 Å². The van der Waals surface area contributed by atoms with Crippen LogP contribution in [-0.2, 0) is 6.54 Å². The fourth-order valence-corrected chi connectivity index (χ4v) is 3.10. The standard InChI is InChI=1S/C18H23N3O/c1-3-21-13-17(11-19-21)18(22)20-10-4-5-16(12-20)15-8-6-14(2)7-9-15/h6-9,11,13,16H,3-5,10,12H2,1-2H3. The second-order valence-corrected chi connectivity index (χ2v) is 6.09. The van der Waals surface area contributed by atoms with Crippen LogP contribution in [0, 0.1) is 6.92 Å². The Hall–Kier alpha value is -2.10. The van der Waals surface area contributed by atoms with Gasteiger partial charge in [0.15, 0.2) is 0 Å². The van der Waals surface area contributed by atoms with E-state index in [1.54, 1.807) is 10.9 Å². The Bertz CT molecular complexity index is 645. The van der Waals surface area contributed by atoms with E-state index in [1.807, 2.05) is 18.0 Å². The van der Waals surface area contributed by atoms with Gasteiger partial charge in [-0.2, -0.15) is 5.10 Å². The molecule has 0 radical (unpaired) electrons. The zero-order chi connectivity index (χ0) is 15.5. The van der Waals surface area contributed by atoms with E-state index in [0.29, 0.717) is 11.5 Å². The monoisotopic (exact) mass is 297 g/mol. The number of carbonyl (C=O) groups excluding carboxylic acids is 1. The number of hydrogen-bond donors (Lipinski definition) is 0. The topological polar surface area (TPSA) is 38.1 Å². The molecule has 4 nitrogen and oxygen atoms in total. The lowest BCUT2D eigenvalue weighted by atomic mass is 9.90. The summed E-state index contributed by atoms with van der Waals surface area (Å²) >= 11 is 0. The molecule has 2 heterocycles. The molecule has 3 rings (SSSR count). The van der Waals surface area contributed by atoms with Gasteiger partial charge in [0.1, 0.15) is 0 Å². The van der Waals surface area contributed by atoms with Gasteiger partial charge in [0.2, 0.25) is 0 Å². The maximum Gasteiger partial charge on any atom is 0.257 e. The Labute approximate surface area is 131 Å². The molecule has 1 atom stereocenters. The highest BCUT2D eigenvalue weighted by Gasteiger charge is 2.26. The SMILES string of the molecule is CCn1cc(C(=O)N2CCCC(c3ccc(C)cc3)C2)cn1. The molecule has 1 unspecified atom stereocenters. The van der Waals surface area contributed by atoms with Crippen molar-refractivity contribution in [3.63, 3.8) is 0 Å². The van der Waals surface area contributed by atoms with Crippen molar-refractivity contribution in [1.82, 2.24) is 14.7 Å². The number of aryl methyl sites for hydroxylation is 2. The smallest absolute Gasteiger partial charge is 0.257 e. The van der Waals surface area contributed by atoms with Gasteiger partial charge in [0.05, 0.1) is 11.8 Å². The van der Waals surface area contributed by atoms with Gasteiger partial charge in [-0.3, -0.25) is 9.48 Å². The van der Waals surface area contributed by atoms with Crippen molar-refractivity contribution in [2.45, 2.75) is 39.2 Å². The molecule has 0 N–H and O–H groups in total. The Balaban J connectivity index is 1.72. The minimum absolute atomic E-state index is 0.108. The third kappa shape index (κ3) is 3.06. The molecule has 1 amide bonds. The quantitative estimate of drug-likeness (QED) is 0.872. The predicted octanol–water partition coefficient (Wildman–Crippen LogP) is 3.23. The number of carbonyl (C=O) groups is 1. The summed E-state index contributed by atoms with van der Waals surface area (Å²) in [6.07, 6.45) is 5.74. The lowest BCUT2D eigenvalue weighted by Crippen LogP contribution is -2.39. The molecular formula is C18H23N3O. The molecule has 0 aliphatic carbocycles. The number of amides is 1. The highest BCUT2D eigenvalue weighted by Crippen LogP contribution is 2.27. The van der Waals surface area contributed by atoms with Gasteiger partial charge in [0.25, 0.3) is 5.91 Å². The first-order chi connectivity index (χ1) is 10.7. The molecule has 0 bridgehead atoms. The number of hydrogen-bond acceptors (Lipinski definition) is 2. The Kier molecular flexibility index (Phi) is 4.27.